The Kier molecular flexibility index (Phi) is 4.53. The number of benzene rings is 1. The number of anilines is 1. The van der Waals surface area contributed by atoms with Gasteiger partial charge in [0.15, 0.2) is 0 Å². The molecule has 1 aromatic carbocycles. The molecular formula is C15H16N2O2S. The number of carbonyl (C=O) groups excluding carboxylic acids is 2. The van der Waals surface area contributed by atoms with E-state index in [0.717, 1.165) is 4.88 Å². The molecule has 104 valence electrons. The van der Waals surface area contributed by atoms with Crippen LogP contribution >= 0.6 is 11.3 Å². The standard InChI is InChI=1S/C15H16N2O2S/c1-10-6-7-20-14(10)9-16-15(19)12-4-3-5-13(8-12)17-11(2)18/h3-8H,9H2,1-2H3,(H,16,19)(H,17,18). The van der Waals surface area contributed by atoms with Gasteiger partial charge in [-0.1, -0.05) is 6.07 Å². The SMILES string of the molecule is CC(=O)Nc1cccc(C(=O)NCc2sccc2C)c1. The van der Waals surface area contributed by atoms with Crippen LogP contribution in [-0.2, 0) is 11.3 Å². The van der Waals surface area contributed by atoms with Crippen LogP contribution in [0.3, 0.4) is 0 Å². The zero-order chi connectivity index (χ0) is 14.5. The van der Waals surface area contributed by atoms with E-state index in [9.17, 15) is 9.59 Å². The van der Waals surface area contributed by atoms with Crippen LogP contribution in [0.15, 0.2) is 35.7 Å². The van der Waals surface area contributed by atoms with Crippen LogP contribution in [0.1, 0.15) is 27.7 Å². The Morgan fingerprint density at radius 3 is 2.70 bits per heavy atom. The summed E-state index contributed by atoms with van der Waals surface area (Å²) >= 11 is 1.63. The van der Waals surface area contributed by atoms with Crippen molar-refractivity contribution in [1.82, 2.24) is 5.32 Å². The fraction of sp³-hybridized carbons (Fsp3) is 0.200. The summed E-state index contributed by atoms with van der Waals surface area (Å²) in [5.41, 5.74) is 2.34. The van der Waals surface area contributed by atoms with Gasteiger partial charge in [0.25, 0.3) is 5.91 Å². The van der Waals surface area contributed by atoms with Crippen LogP contribution < -0.4 is 10.6 Å². The normalized spacial score (nSPS) is 10.1. The monoisotopic (exact) mass is 288 g/mol. The highest BCUT2D eigenvalue weighted by Gasteiger charge is 2.08. The van der Waals surface area contributed by atoms with E-state index in [-0.39, 0.29) is 11.8 Å². The van der Waals surface area contributed by atoms with E-state index in [4.69, 9.17) is 0 Å². The molecule has 2 amide bonds. The van der Waals surface area contributed by atoms with Crippen LogP contribution in [0.4, 0.5) is 5.69 Å². The van der Waals surface area contributed by atoms with Gasteiger partial charge >= 0.3 is 0 Å². The molecular weight excluding hydrogens is 272 g/mol. The van der Waals surface area contributed by atoms with Crippen molar-refractivity contribution in [3.8, 4) is 0 Å². The second-order valence-electron chi connectivity index (χ2n) is 4.47. The van der Waals surface area contributed by atoms with Gasteiger partial charge in [0, 0.05) is 23.1 Å². The minimum Gasteiger partial charge on any atom is -0.347 e. The smallest absolute Gasteiger partial charge is 0.251 e. The minimum atomic E-state index is -0.156. The number of carbonyl (C=O) groups is 2. The molecule has 0 aliphatic rings. The molecule has 0 fully saturated rings. The van der Waals surface area contributed by atoms with E-state index in [1.807, 2.05) is 18.4 Å². The highest BCUT2D eigenvalue weighted by atomic mass is 32.1. The third-order valence-corrected chi connectivity index (χ3v) is 3.85. The van der Waals surface area contributed by atoms with Gasteiger partial charge in [-0.15, -0.1) is 11.3 Å². The van der Waals surface area contributed by atoms with Gasteiger partial charge in [-0.2, -0.15) is 0 Å². The molecule has 2 rings (SSSR count). The lowest BCUT2D eigenvalue weighted by Gasteiger charge is -2.07. The third-order valence-electron chi connectivity index (χ3n) is 2.82. The lowest BCUT2D eigenvalue weighted by atomic mass is 10.2. The summed E-state index contributed by atoms with van der Waals surface area (Å²) in [5, 5.41) is 7.55. The van der Waals surface area contributed by atoms with E-state index in [2.05, 4.69) is 10.6 Å². The first-order valence-corrected chi connectivity index (χ1v) is 7.13. The molecule has 0 unspecified atom stereocenters. The van der Waals surface area contributed by atoms with Gasteiger partial charge in [-0.25, -0.2) is 0 Å². The average molecular weight is 288 g/mol. The Morgan fingerprint density at radius 1 is 1.25 bits per heavy atom. The zero-order valence-corrected chi connectivity index (χ0v) is 12.2. The summed E-state index contributed by atoms with van der Waals surface area (Å²) in [5.74, 6) is -0.304. The van der Waals surface area contributed by atoms with E-state index >= 15 is 0 Å². The molecule has 5 heteroatoms. The highest BCUT2D eigenvalue weighted by molar-refractivity contribution is 7.10. The molecule has 2 N–H and O–H groups in total. The van der Waals surface area contributed by atoms with Crippen molar-refractivity contribution in [2.45, 2.75) is 20.4 Å². The van der Waals surface area contributed by atoms with E-state index in [1.54, 1.807) is 35.6 Å². The molecule has 2 aromatic rings. The molecule has 4 nitrogen and oxygen atoms in total. The second-order valence-corrected chi connectivity index (χ2v) is 5.47. The molecule has 0 spiro atoms. The Balaban J connectivity index is 2.02. The highest BCUT2D eigenvalue weighted by Crippen LogP contribution is 2.15. The van der Waals surface area contributed by atoms with Crippen LogP contribution in [0.5, 0.6) is 0 Å². The first kappa shape index (κ1) is 14.3. The summed E-state index contributed by atoms with van der Waals surface area (Å²) in [4.78, 5) is 24.2. The number of hydrogen-bond donors (Lipinski definition) is 2. The van der Waals surface area contributed by atoms with Crippen molar-refractivity contribution in [1.29, 1.82) is 0 Å². The van der Waals surface area contributed by atoms with Gasteiger partial charge in [0.05, 0.1) is 6.54 Å². The maximum atomic E-state index is 12.1. The van der Waals surface area contributed by atoms with Gasteiger partial charge in [-0.3, -0.25) is 9.59 Å². The summed E-state index contributed by atoms with van der Waals surface area (Å²) < 4.78 is 0. The number of thiophene rings is 1. The molecule has 0 aliphatic heterocycles. The van der Waals surface area contributed by atoms with Crippen LogP contribution in [0.25, 0.3) is 0 Å². The maximum Gasteiger partial charge on any atom is 0.251 e. The van der Waals surface area contributed by atoms with Crippen molar-refractivity contribution < 1.29 is 9.59 Å². The Morgan fingerprint density at radius 2 is 2.05 bits per heavy atom. The van der Waals surface area contributed by atoms with Crippen molar-refractivity contribution in [2.75, 3.05) is 5.32 Å². The molecule has 0 bridgehead atoms. The molecule has 1 aromatic heterocycles. The fourth-order valence-electron chi connectivity index (χ4n) is 1.79. The molecule has 0 radical (unpaired) electrons. The average Bonchev–Trinajstić information content (AvgIpc) is 2.81. The summed E-state index contributed by atoms with van der Waals surface area (Å²) in [6.07, 6.45) is 0. The molecule has 0 atom stereocenters. The predicted molar refractivity (Wildman–Crippen MR) is 81.0 cm³/mol. The molecule has 20 heavy (non-hydrogen) atoms. The first-order chi connectivity index (χ1) is 9.56. The number of hydrogen-bond acceptors (Lipinski definition) is 3. The number of nitrogens with one attached hydrogen (secondary N) is 2. The predicted octanol–water partition coefficient (Wildman–Crippen LogP) is 2.94. The van der Waals surface area contributed by atoms with Crippen molar-refractivity contribution >= 4 is 28.8 Å². The summed E-state index contributed by atoms with van der Waals surface area (Å²) in [7, 11) is 0. The molecule has 0 saturated carbocycles. The van der Waals surface area contributed by atoms with Gasteiger partial charge in [0.2, 0.25) is 5.91 Å². The Bertz CT molecular complexity index is 634. The maximum absolute atomic E-state index is 12.1. The van der Waals surface area contributed by atoms with Crippen molar-refractivity contribution in [3.63, 3.8) is 0 Å². The van der Waals surface area contributed by atoms with Crippen LogP contribution in [0, 0.1) is 6.92 Å². The van der Waals surface area contributed by atoms with Crippen molar-refractivity contribution in [2.24, 2.45) is 0 Å². The Labute approximate surface area is 121 Å². The number of aryl methyl sites for hydroxylation is 1. The Hall–Kier alpha value is -2.14. The molecule has 0 saturated heterocycles. The minimum absolute atomic E-state index is 0.148. The lowest BCUT2D eigenvalue weighted by Crippen LogP contribution is -2.22. The largest absolute Gasteiger partial charge is 0.347 e. The van der Waals surface area contributed by atoms with Gasteiger partial charge in [-0.05, 0) is 42.1 Å². The van der Waals surface area contributed by atoms with E-state index < -0.39 is 0 Å². The quantitative estimate of drug-likeness (QED) is 0.908. The third kappa shape index (κ3) is 3.68. The topological polar surface area (TPSA) is 58.2 Å². The molecule has 1 heterocycles. The molecule has 0 aliphatic carbocycles. The summed E-state index contributed by atoms with van der Waals surface area (Å²) in [6.45, 7) is 3.98. The number of rotatable bonds is 4. The second kappa shape index (κ2) is 6.34. The number of amides is 2. The van der Waals surface area contributed by atoms with Gasteiger partial charge in [0.1, 0.15) is 0 Å². The fourth-order valence-corrected chi connectivity index (χ4v) is 2.64. The summed E-state index contributed by atoms with van der Waals surface area (Å²) in [6, 6.07) is 8.92. The van der Waals surface area contributed by atoms with Gasteiger partial charge < -0.3 is 10.6 Å². The first-order valence-electron chi connectivity index (χ1n) is 6.25. The van der Waals surface area contributed by atoms with E-state index in [0.29, 0.717) is 17.8 Å². The van der Waals surface area contributed by atoms with Crippen molar-refractivity contribution in [3.05, 3.63) is 51.7 Å². The van der Waals surface area contributed by atoms with E-state index in [1.165, 1.54) is 12.5 Å². The lowest BCUT2D eigenvalue weighted by molar-refractivity contribution is -0.114. The van der Waals surface area contributed by atoms with Crippen LogP contribution in [-0.4, -0.2) is 11.8 Å². The zero-order valence-electron chi connectivity index (χ0n) is 11.4. The van der Waals surface area contributed by atoms with Crippen LogP contribution in [0.2, 0.25) is 0 Å².